The van der Waals surface area contributed by atoms with Crippen LogP contribution in [0.3, 0.4) is 0 Å². The van der Waals surface area contributed by atoms with Gasteiger partial charge in [0.05, 0.1) is 19.3 Å². The van der Waals surface area contributed by atoms with Crippen LogP contribution in [0, 0.1) is 0 Å². The first kappa shape index (κ1) is 15.3. The number of aromatic carboxylic acids is 1. The van der Waals surface area contributed by atoms with Crippen molar-refractivity contribution in [3.63, 3.8) is 0 Å². The van der Waals surface area contributed by atoms with Crippen molar-refractivity contribution in [2.45, 2.75) is 26.3 Å². The highest BCUT2D eigenvalue weighted by Gasteiger charge is 2.19. The average Bonchev–Trinajstić information content (AvgIpc) is 2.83. The van der Waals surface area contributed by atoms with Gasteiger partial charge < -0.3 is 9.84 Å². The van der Waals surface area contributed by atoms with Gasteiger partial charge >= 0.3 is 5.97 Å². The predicted molar refractivity (Wildman–Crippen MR) is 78.1 cm³/mol. The maximum absolute atomic E-state index is 11.2. The fourth-order valence-electron chi connectivity index (χ4n) is 2.14. The molecule has 0 saturated carbocycles. The van der Waals surface area contributed by atoms with Crippen molar-refractivity contribution in [2.75, 3.05) is 7.11 Å². The topological polar surface area (TPSA) is 77.2 Å². The lowest BCUT2D eigenvalue weighted by Crippen LogP contribution is -2.10. The molecule has 0 unspecified atom stereocenters. The van der Waals surface area contributed by atoms with Crippen LogP contribution in [-0.2, 0) is 13.0 Å². The summed E-state index contributed by atoms with van der Waals surface area (Å²) in [6.45, 7) is 2.34. The number of hydrogen-bond acceptors (Lipinski definition) is 4. The summed E-state index contributed by atoms with van der Waals surface area (Å²) in [4.78, 5) is 11.2. The Morgan fingerprint density at radius 3 is 2.86 bits per heavy atom. The van der Waals surface area contributed by atoms with Gasteiger partial charge in [-0.15, -0.1) is 5.10 Å². The summed E-state index contributed by atoms with van der Waals surface area (Å²) >= 11 is 6.00. The van der Waals surface area contributed by atoms with Crippen LogP contribution in [0.15, 0.2) is 18.2 Å². The minimum Gasteiger partial charge on any atom is -0.496 e. The highest BCUT2D eigenvalue weighted by atomic mass is 35.5. The molecule has 1 aromatic heterocycles. The fourth-order valence-corrected chi connectivity index (χ4v) is 2.34. The van der Waals surface area contributed by atoms with Crippen molar-refractivity contribution < 1.29 is 14.6 Å². The molecular formula is C14H16ClN3O3. The standard InChI is InChI=1S/C14H16ClN3O3/c1-3-4-11-13(14(19)20)16-17-18(11)8-9-7-10(15)5-6-12(9)21-2/h5-7H,3-4,8H2,1-2H3,(H,19,20). The Morgan fingerprint density at radius 1 is 1.48 bits per heavy atom. The van der Waals surface area contributed by atoms with Gasteiger partial charge in [-0.3, -0.25) is 0 Å². The lowest BCUT2D eigenvalue weighted by atomic mass is 10.1. The number of hydrogen-bond donors (Lipinski definition) is 1. The quantitative estimate of drug-likeness (QED) is 0.887. The number of aromatic nitrogens is 3. The van der Waals surface area contributed by atoms with Gasteiger partial charge in [0.2, 0.25) is 0 Å². The molecule has 112 valence electrons. The molecule has 0 radical (unpaired) electrons. The number of benzene rings is 1. The lowest BCUT2D eigenvalue weighted by Gasteiger charge is -2.11. The van der Waals surface area contributed by atoms with Gasteiger partial charge in [0, 0.05) is 10.6 Å². The van der Waals surface area contributed by atoms with E-state index >= 15 is 0 Å². The monoisotopic (exact) mass is 309 g/mol. The molecular weight excluding hydrogens is 294 g/mol. The van der Waals surface area contributed by atoms with Crippen molar-refractivity contribution >= 4 is 17.6 Å². The number of carboxylic acids is 1. The van der Waals surface area contributed by atoms with E-state index in [-0.39, 0.29) is 5.69 Å². The molecule has 1 heterocycles. The van der Waals surface area contributed by atoms with Gasteiger partial charge in [-0.25, -0.2) is 9.48 Å². The summed E-state index contributed by atoms with van der Waals surface area (Å²) in [7, 11) is 1.57. The first-order valence-electron chi connectivity index (χ1n) is 6.54. The summed E-state index contributed by atoms with van der Waals surface area (Å²) in [6, 6.07) is 5.28. The number of halogens is 1. The van der Waals surface area contributed by atoms with Crippen LogP contribution in [0.4, 0.5) is 0 Å². The molecule has 1 N–H and O–H groups in total. The Kier molecular flexibility index (Phi) is 4.80. The SMILES string of the molecule is CCCc1c(C(=O)O)nnn1Cc1cc(Cl)ccc1OC. The minimum absolute atomic E-state index is 0.00200. The fraction of sp³-hybridized carbons (Fsp3) is 0.357. The molecule has 7 heteroatoms. The average molecular weight is 310 g/mol. The first-order valence-corrected chi connectivity index (χ1v) is 6.92. The number of methoxy groups -OCH3 is 1. The summed E-state index contributed by atoms with van der Waals surface area (Å²) in [5, 5.41) is 17.4. The zero-order valence-corrected chi connectivity index (χ0v) is 12.6. The third-order valence-electron chi connectivity index (χ3n) is 3.09. The van der Waals surface area contributed by atoms with Crippen LogP contribution < -0.4 is 4.74 Å². The Balaban J connectivity index is 2.39. The largest absolute Gasteiger partial charge is 0.496 e. The Morgan fingerprint density at radius 2 is 2.24 bits per heavy atom. The molecule has 0 spiro atoms. The summed E-state index contributed by atoms with van der Waals surface area (Å²) in [5.41, 5.74) is 1.43. The number of ether oxygens (including phenoxy) is 1. The molecule has 0 aliphatic heterocycles. The van der Waals surface area contributed by atoms with Gasteiger partial charge in [0.25, 0.3) is 0 Å². The zero-order valence-electron chi connectivity index (χ0n) is 11.8. The van der Waals surface area contributed by atoms with Crippen LogP contribution in [-0.4, -0.2) is 33.2 Å². The second-order valence-corrected chi connectivity index (χ2v) is 4.99. The highest BCUT2D eigenvalue weighted by molar-refractivity contribution is 6.30. The van der Waals surface area contributed by atoms with Crippen molar-refractivity contribution in [1.29, 1.82) is 0 Å². The van der Waals surface area contributed by atoms with Gasteiger partial charge in [0.1, 0.15) is 5.75 Å². The molecule has 0 aliphatic carbocycles. The molecule has 21 heavy (non-hydrogen) atoms. The van der Waals surface area contributed by atoms with Crippen LogP contribution in [0.25, 0.3) is 0 Å². The van der Waals surface area contributed by atoms with E-state index in [4.69, 9.17) is 21.4 Å². The lowest BCUT2D eigenvalue weighted by molar-refractivity contribution is 0.0689. The Bertz CT molecular complexity index is 655. The van der Waals surface area contributed by atoms with E-state index in [1.165, 1.54) is 0 Å². The van der Waals surface area contributed by atoms with E-state index in [9.17, 15) is 4.79 Å². The molecule has 2 rings (SSSR count). The van der Waals surface area contributed by atoms with Crippen molar-refractivity contribution in [1.82, 2.24) is 15.0 Å². The number of carboxylic acid groups (broad SMARTS) is 1. The van der Waals surface area contributed by atoms with E-state index in [0.717, 1.165) is 12.0 Å². The van der Waals surface area contributed by atoms with Crippen LogP contribution in [0.5, 0.6) is 5.75 Å². The van der Waals surface area contributed by atoms with E-state index < -0.39 is 5.97 Å². The third-order valence-corrected chi connectivity index (χ3v) is 3.32. The zero-order chi connectivity index (χ0) is 15.4. The molecule has 0 aliphatic rings. The van der Waals surface area contributed by atoms with Crippen molar-refractivity contribution in [3.8, 4) is 5.75 Å². The highest BCUT2D eigenvalue weighted by Crippen LogP contribution is 2.24. The van der Waals surface area contributed by atoms with Crippen LogP contribution in [0.2, 0.25) is 5.02 Å². The Hall–Kier alpha value is -2.08. The van der Waals surface area contributed by atoms with Gasteiger partial charge in [0.15, 0.2) is 5.69 Å². The normalized spacial score (nSPS) is 10.6. The van der Waals surface area contributed by atoms with Crippen LogP contribution in [0.1, 0.15) is 35.1 Å². The molecule has 0 bridgehead atoms. The molecule has 0 saturated heterocycles. The summed E-state index contributed by atoms with van der Waals surface area (Å²) in [6.07, 6.45) is 1.40. The molecule has 2 aromatic rings. The molecule has 1 aromatic carbocycles. The first-order chi connectivity index (χ1) is 10.1. The Labute approximate surface area is 127 Å². The number of nitrogens with zero attached hydrogens (tertiary/aromatic N) is 3. The maximum atomic E-state index is 11.2. The smallest absolute Gasteiger partial charge is 0.358 e. The molecule has 0 amide bonds. The predicted octanol–water partition coefficient (Wildman–Crippen LogP) is 2.64. The molecule has 6 nitrogen and oxygen atoms in total. The summed E-state index contributed by atoms with van der Waals surface area (Å²) < 4.78 is 6.87. The minimum atomic E-state index is -1.07. The number of rotatable bonds is 6. The molecule has 0 fully saturated rings. The van der Waals surface area contributed by atoms with Crippen molar-refractivity contribution in [3.05, 3.63) is 40.2 Å². The number of carbonyl (C=O) groups is 1. The van der Waals surface area contributed by atoms with E-state index in [2.05, 4.69) is 10.3 Å². The summed E-state index contributed by atoms with van der Waals surface area (Å²) in [5.74, 6) is -0.392. The molecule has 0 atom stereocenters. The van der Waals surface area contributed by atoms with E-state index in [0.29, 0.717) is 29.4 Å². The second-order valence-electron chi connectivity index (χ2n) is 4.55. The van der Waals surface area contributed by atoms with Gasteiger partial charge in [-0.05, 0) is 24.6 Å². The second kappa shape index (κ2) is 6.58. The van der Waals surface area contributed by atoms with E-state index in [1.54, 1.807) is 30.0 Å². The van der Waals surface area contributed by atoms with E-state index in [1.807, 2.05) is 6.92 Å². The van der Waals surface area contributed by atoms with Gasteiger partial charge in [-0.2, -0.15) is 0 Å². The van der Waals surface area contributed by atoms with Crippen molar-refractivity contribution in [2.24, 2.45) is 0 Å². The third kappa shape index (κ3) is 3.33. The maximum Gasteiger partial charge on any atom is 0.358 e. The van der Waals surface area contributed by atoms with Crippen LogP contribution >= 0.6 is 11.6 Å². The van der Waals surface area contributed by atoms with Gasteiger partial charge in [-0.1, -0.05) is 30.2 Å².